The maximum absolute atomic E-state index is 13.1. The van der Waals surface area contributed by atoms with E-state index >= 15 is 0 Å². The number of carbonyl (C=O) groups excluding carboxylic acids is 2. The van der Waals surface area contributed by atoms with Gasteiger partial charge in [0.05, 0.1) is 4.90 Å². The Morgan fingerprint density at radius 1 is 0.857 bits per heavy atom. The van der Waals surface area contributed by atoms with Crippen LogP contribution in [0.25, 0.3) is 0 Å². The Labute approximate surface area is 207 Å². The summed E-state index contributed by atoms with van der Waals surface area (Å²) in [6, 6.07) is 13.4. The Morgan fingerprint density at radius 3 is 2.20 bits per heavy atom. The molecule has 4 rings (SSSR count). The first-order valence-corrected chi connectivity index (χ1v) is 13.8. The first-order valence-electron chi connectivity index (χ1n) is 12.4. The van der Waals surface area contributed by atoms with Crippen molar-refractivity contribution in [3.05, 3.63) is 59.7 Å². The van der Waals surface area contributed by atoms with E-state index in [0.717, 1.165) is 31.2 Å². The molecule has 2 aromatic rings. The van der Waals surface area contributed by atoms with Gasteiger partial charge in [0.2, 0.25) is 0 Å². The Kier molecular flexibility index (Phi) is 7.95. The third-order valence-corrected chi connectivity index (χ3v) is 8.10. The summed E-state index contributed by atoms with van der Waals surface area (Å²) in [5.74, 6) is -0.206. The molecule has 1 saturated carbocycles. The molecule has 1 heterocycles. The van der Waals surface area contributed by atoms with E-state index in [1.165, 1.54) is 18.6 Å². The molecule has 0 aromatic heterocycles. The van der Waals surface area contributed by atoms with Gasteiger partial charge in [-0.05, 0) is 68.5 Å². The third-order valence-electron chi connectivity index (χ3n) is 6.72. The van der Waals surface area contributed by atoms with Crippen molar-refractivity contribution in [3.63, 3.8) is 0 Å². The molecule has 1 aliphatic heterocycles. The molecule has 2 aromatic carbocycles. The van der Waals surface area contributed by atoms with Gasteiger partial charge in [-0.3, -0.25) is 9.52 Å². The van der Waals surface area contributed by atoms with Crippen LogP contribution < -0.4 is 15.4 Å². The monoisotopic (exact) mass is 498 g/mol. The number of hydrogen-bond donors (Lipinski definition) is 3. The van der Waals surface area contributed by atoms with Crippen molar-refractivity contribution in [3.8, 4) is 0 Å². The maximum Gasteiger partial charge on any atom is 0.315 e. The van der Waals surface area contributed by atoms with Gasteiger partial charge in [-0.2, -0.15) is 0 Å². The van der Waals surface area contributed by atoms with E-state index in [-0.39, 0.29) is 28.9 Å². The number of hydrogen-bond acceptors (Lipinski definition) is 4. The van der Waals surface area contributed by atoms with Crippen molar-refractivity contribution in [1.82, 2.24) is 15.5 Å². The number of rotatable bonds is 6. The quantitative estimate of drug-likeness (QED) is 0.559. The van der Waals surface area contributed by atoms with Gasteiger partial charge in [0.1, 0.15) is 0 Å². The van der Waals surface area contributed by atoms with Crippen molar-refractivity contribution < 1.29 is 18.0 Å². The molecular formula is C26H34N4O4S. The van der Waals surface area contributed by atoms with Crippen molar-refractivity contribution in [1.29, 1.82) is 0 Å². The molecule has 1 aliphatic carbocycles. The lowest BCUT2D eigenvalue weighted by molar-refractivity contribution is 0.0708. The second-order valence-electron chi connectivity index (χ2n) is 9.52. The van der Waals surface area contributed by atoms with Crippen LogP contribution in [0.5, 0.6) is 0 Å². The predicted molar refractivity (Wildman–Crippen MR) is 136 cm³/mol. The van der Waals surface area contributed by atoms with E-state index in [1.807, 2.05) is 13.0 Å². The number of nitrogens with zero attached hydrogens (tertiary/aromatic N) is 1. The summed E-state index contributed by atoms with van der Waals surface area (Å²) in [6.07, 6.45) is 6.97. The van der Waals surface area contributed by atoms with Crippen LogP contribution in [-0.2, 0) is 10.0 Å². The van der Waals surface area contributed by atoms with Crippen LogP contribution in [-0.4, -0.2) is 50.4 Å². The topological polar surface area (TPSA) is 108 Å². The number of nitrogens with one attached hydrogen (secondary N) is 3. The first-order chi connectivity index (χ1) is 16.8. The molecule has 2 fully saturated rings. The van der Waals surface area contributed by atoms with Gasteiger partial charge >= 0.3 is 6.03 Å². The van der Waals surface area contributed by atoms with Crippen molar-refractivity contribution in [2.75, 3.05) is 17.8 Å². The van der Waals surface area contributed by atoms with Crippen molar-refractivity contribution in [2.24, 2.45) is 0 Å². The number of aryl methyl sites for hydroxylation is 1. The average Bonchev–Trinajstić information content (AvgIpc) is 2.84. The largest absolute Gasteiger partial charge is 0.338 e. The molecule has 0 atom stereocenters. The minimum absolute atomic E-state index is 0.0212. The molecule has 0 spiro atoms. The van der Waals surface area contributed by atoms with E-state index < -0.39 is 10.0 Å². The van der Waals surface area contributed by atoms with Crippen LogP contribution in [0.1, 0.15) is 60.9 Å². The van der Waals surface area contributed by atoms with Gasteiger partial charge in [-0.15, -0.1) is 0 Å². The highest BCUT2D eigenvalue weighted by Crippen LogP contribution is 2.21. The summed E-state index contributed by atoms with van der Waals surface area (Å²) in [5, 5.41) is 6.12. The highest BCUT2D eigenvalue weighted by Gasteiger charge is 2.26. The molecule has 0 unspecified atom stereocenters. The summed E-state index contributed by atoms with van der Waals surface area (Å²) in [5.41, 5.74) is 1.75. The Bertz CT molecular complexity index is 1150. The lowest BCUT2D eigenvalue weighted by Crippen LogP contribution is -2.51. The Morgan fingerprint density at radius 2 is 1.51 bits per heavy atom. The molecule has 3 N–H and O–H groups in total. The molecule has 35 heavy (non-hydrogen) atoms. The number of anilines is 1. The van der Waals surface area contributed by atoms with Crippen LogP contribution in [0, 0.1) is 6.92 Å². The summed E-state index contributed by atoms with van der Waals surface area (Å²) < 4.78 is 28.3. The van der Waals surface area contributed by atoms with E-state index in [9.17, 15) is 18.0 Å². The highest BCUT2D eigenvalue weighted by atomic mass is 32.2. The van der Waals surface area contributed by atoms with Crippen molar-refractivity contribution >= 4 is 27.6 Å². The molecule has 8 nitrogen and oxygen atoms in total. The third kappa shape index (κ3) is 6.75. The number of likely N-dealkylation sites (tertiary alicyclic amines) is 1. The number of benzene rings is 2. The average molecular weight is 499 g/mol. The first kappa shape index (κ1) is 25.0. The van der Waals surface area contributed by atoms with Crippen LogP contribution >= 0.6 is 0 Å². The van der Waals surface area contributed by atoms with E-state index in [1.54, 1.807) is 35.2 Å². The summed E-state index contributed by atoms with van der Waals surface area (Å²) in [6.45, 7) is 2.90. The van der Waals surface area contributed by atoms with E-state index in [4.69, 9.17) is 0 Å². The summed E-state index contributed by atoms with van der Waals surface area (Å²) >= 11 is 0. The number of piperidine rings is 1. The Balaban J connectivity index is 1.32. The molecular weight excluding hydrogens is 464 g/mol. The van der Waals surface area contributed by atoms with Gasteiger partial charge in [-0.25, -0.2) is 13.2 Å². The molecule has 1 saturated heterocycles. The molecule has 0 bridgehead atoms. The van der Waals surface area contributed by atoms with E-state index in [0.29, 0.717) is 37.2 Å². The van der Waals surface area contributed by atoms with Gasteiger partial charge in [0, 0.05) is 36.4 Å². The number of amides is 3. The lowest BCUT2D eigenvalue weighted by atomic mass is 9.96. The lowest BCUT2D eigenvalue weighted by Gasteiger charge is -2.33. The smallest absolute Gasteiger partial charge is 0.315 e. The molecule has 0 radical (unpaired) electrons. The fourth-order valence-electron chi connectivity index (χ4n) is 4.79. The van der Waals surface area contributed by atoms with Crippen LogP contribution in [0.3, 0.4) is 0 Å². The second kappa shape index (κ2) is 11.1. The zero-order valence-corrected chi connectivity index (χ0v) is 20.9. The molecule has 3 amide bonds. The minimum atomic E-state index is -3.83. The molecule has 9 heteroatoms. The zero-order chi connectivity index (χ0) is 24.8. The molecule has 188 valence electrons. The summed E-state index contributed by atoms with van der Waals surface area (Å²) in [7, 11) is -3.83. The second-order valence-corrected chi connectivity index (χ2v) is 11.2. The van der Waals surface area contributed by atoms with Crippen LogP contribution in [0.15, 0.2) is 53.4 Å². The van der Waals surface area contributed by atoms with Gasteiger partial charge < -0.3 is 15.5 Å². The maximum atomic E-state index is 13.1. The number of sulfonamides is 1. The van der Waals surface area contributed by atoms with Gasteiger partial charge in [0.25, 0.3) is 15.9 Å². The van der Waals surface area contributed by atoms with E-state index in [2.05, 4.69) is 15.4 Å². The number of urea groups is 1. The van der Waals surface area contributed by atoms with Crippen molar-refractivity contribution in [2.45, 2.75) is 68.8 Å². The minimum Gasteiger partial charge on any atom is -0.338 e. The zero-order valence-electron chi connectivity index (χ0n) is 20.1. The van der Waals surface area contributed by atoms with Crippen LogP contribution in [0.2, 0.25) is 0 Å². The standard InChI is InChI=1S/C26H34N4O4S/c1-19-7-5-11-23(17-19)29-35(33,34)24-12-6-8-20(18-24)25(31)30-15-13-22(14-16-30)28-26(32)27-21-9-3-2-4-10-21/h5-8,11-12,17-18,21-22,29H,2-4,9-10,13-16H2,1H3,(H2,27,28,32). The SMILES string of the molecule is Cc1cccc(NS(=O)(=O)c2cccc(C(=O)N3CCC(NC(=O)NC4CCCCC4)CC3)c2)c1. The fraction of sp³-hybridized carbons (Fsp3) is 0.462. The highest BCUT2D eigenvalue weighted by molar-refractivity contribution is 7.92. The summed E-state index contributed by atoms with van der Waals surface area (Å²) in [4.78, 5) is 27.2. The fourth-order valence-corrected chi connectivity index (χ4v) is 5.88. The normalized spacial score (nSPS) is 17.6. The van der Waals surface area contributed by atoms with Gasteiger partial charge in [-0.1, -0.05) is 37.5 Å². The molecule has 2 aliphatic rings. The predicted octanol–water partition coefficient (Wildman–Crippen LogP) is 4.03. The Hall–Kier alpha value is -3.07. The van der Waals surface area contributed by atoms with Gasteiger partial charge in [0.15, 0.2) is 0 Å². The number of carbonyl (C=O) groups is 2. The van der Waals surface area contributed by atoms with Crippen LogP contribution in [0.4, 0.5) is 10.5 Å².